The maximum atomic E-state index is 11.5. The van der Waals surface area contributed by atoms with Crippen molar-refractivity contribution in [1.82, 2.24) is 0 Å². The topological polar surface area (TPSA) is 20.2 Å². The van der Waals surface area contributed by atoms with Crippen LogP contribution in [0.3, 0.4) is 0 Å². The van der Waals surface area contributed by atoms with Crippen molar-refractivity contribution >= 4 is 0 Å². The molecule has 4 rings (SSSR count). The van der Waals surface area contributed by atoms with Gasteiger partial charge in [-0.3, -0.25) is 0 Å². The monoisotopic (exact) mass is 482 g/mol. The van der Waals surface area contributed by atoms with Gasteiger partial charge in [-0.1, -0.05) is 84.1 Å². The van der Waals surface area contributed by atoms with Gasteiger partial charge in [-0.2, -0.15) is 0 Å². The highest BCUT2D eigenvalue weighted by Gasteiger charge is 2.64. The van der Waals surface area contributed by atoms with Gasteiger partial charge in [0.2, 0.25) is 0 Å². The number of aliphatic hydroxyl groups excluding tert-OH is 1. The number of allylic oxidation sites excluding steroid dienone is 4. The van der Waals surface area contributed by atoms with E-state index in [9.17, 15) is 5.11 Å². The Kier molecular flexibility index (Phi) is 7.56. The minimum absolute atomic E-state index is 0.0171. The van der Waals surface area contributed by atoms with Crippen molar-refractivity contribution in [3.8, 4) is 0 Å². The summed E-state index contributed by atoms with van der Waals surface area (Å²) < 4.78 is 0. The average molecular weight is 483 g/mol. The third kappa shape index (κ3) is 4.23. The van der Waals surface area contributed by atoms with Crippen molar-refractivity contribution in [1.29, 1.82) is 0 Å². The molecule has 0 aliphatic heterocycles. The standard InChI is InChI=1S/C34H58O/c1-10-11-15-25-22-32(7)27-19-21-33(8)26(24(4)14-12-13-23(2)3)18-20-34(33,9)28(27)16-17-29(32)31(5,6)30(25)35/h13,24-26,29-30,35H,10-12,14-22H2,1-9H3/t24-,25?,26-,29?,30?,32-,33-,34+/m1/s1. The predicted molar refractivity (Wildman–Crippen MR) is 151 cm³/mol. The Morgan fingerprint density at radius 3 is 2.40 bits per heavy atom. The molecule has 200 valence electrons. The third-order valence-electron chi connectivity index (χ3n) is 12.7. The summed E-state index contributed by atoms with van der Waals surface area (Å²) in [5, 5.41) is 11.5. The highest BCUT2D eigenvalue weighted by molar-refractivity contribution is 5.39. The molecule has 1 nitrogen and oxygen atoms in total. The molecule has 0 bridgehead atoms. The van der Waals surface area contributed by atoms with Crippen LogP contribution in [-0.2, 0) is 0 Å². The van der Waals surface area contributed by atoms with Crippen LogP contribution in [0.25, 0.3) is 0 Å². The number of hydrogen-bond acceptors (Lipinski definition) is 1. The van der Waals surface area contributed by atoms with Crippen LogP contribution in [0, 0.1) is 45.3 Å². The van der Waals surface area contributed by atoms with Gasteiger partial charge in [-0.05, 0) is 123 Å². The molecular weight excluding hydrogens is 424 g/mol. The van der Waals surface area contributed by atoms with Gasteiger partial charge in [0.1, 0.15) is 0 Å². The first-order valence-corrected chi connectivity index (χ1v) is 15.4. The summed E-state index contributed by atoms with van der Waals surface area (Å²) in [5.74, 6) is 2.76. The molecule has 0 spiro atoms. The van der Waals surface area contributed by atoms with Crippen LogP contribution < -0.4 is 0 Å². The summed E-state index contributed by atoms with van der Waals surface area (Å²) in [5.41, 5.74) is 6.36. The quantitative estimate of drug-likeness (QED) is 0.358. The molecule has 0 aromatic rings. The first-order chi connectivity index (χ1) is 16.3. The van der Waals surface area contributed by atoms with E-state index in [0.717, 1.165) is 11.8 Å². The zero-order valence-electron chi connectivity index (χ0n) is 24.9. The lowest BCUT2D eigenvalue weighted by atomic mass is 9.42. The largest absolute Gasteiger partial charge is 0.392 e. The maximum Gasteiger partial charge on any atom is 0.0622 e. The maximum absolute atomic E-state index is 11.5. The molecule has 4 aliphatic rings. The van der Waals surface area contributed by atoms with E-state index in [4.69, 9.17) is 0 Å². The highest BCUT2D eigenvalue weighted by Crippen LogP contribution is 2.73. The van der Waals surface area contributed by atoms with Crippen molar-refractivity contribution in [2.45, 2.75) is 145 Å². The summed E-state index contributed by atoms with van der Waals surface area (Å²) >= 11 is 0. The number of rotatable bonds is 7. The van der Waals surface area contributed by atoms with Gasteiger partial charge in [0.25, 0.3) is 0 Å². The third-order valence-corrected chi connectivity index (χ3v) is 12.7. The van der Waals surface area contributed by atoms with Crippen LogP contribution in [-0.4, -0.2) is 11.2 Å². The zero-order chi connectivity index (χ0) is 25.8. The van der Waals surface area contributed by atoms with Crippen LogP contribution in [0.1, 0.15) is 139 Å². The number of aliphatic hydroxyl groups is 1. The van der Waals surface area contributed by atoms with Crippen LogP contribution in [0.2, 0.25) is 0 Å². The second-order valence-corrected chi connectivity index (χ2v) is 15.1. The summed E-state index contributed by atoms with van der Waals surface area (Å²) in [6.07, 6.45) is 17.9. The van der Waals surface area contributed by atoms with Crippen molar-refractivity contribution in [3.63, 3.8) is 0 Å². The van der Waals surface area contributed by atoms with Crippen molar-refractivity contribution in [2.75, 3.05) is 0 Å². The Morgan fingerprint density at radius 2 is 1.74 bits per heavy atom. The molecule has 0 saturated heterocycles. The van der Waals surface area contributed by atoms with E-state index in [1.807, 2.05) is 11.1 Å². The van der Waals surface area contributed by atoms with Crippen LogP contribution in [0.15, 0.2) is 22.8 Å². The van der Waals surface area contributed by atoms with Crippen molar-refractivity contribution in [2.24, 2.45) is 45.3 Å². The molecule has 1 N–H and O–H groups in total. The Morgan fingerprint density at radius 1 is 1.03 bits per heavy atom. The molecule has 0 radical (unpaired) electrons. The summed E-state index contributed by atoms with van der Waals surface area (Å²) in [7, 11) is 0. The Bertz CT molecular complexity index is 843. The fourth-order valence-electron chi connectivity index (χ4n) is 10.6. The minimum Gasteiger partial charge on any atom is -0.392 e. The normalized spacial score (nSPS) is 43.3. The first kappa shape index (κ1) is 27.5. The average Bonchev–Trinajstić information content (AvgIpc) is 3.06. The second-order valence-electron chi connectivity index (χ2n) is 15.1. The first-order valence-electron chi connectivity index (χ1n) is 15.4. The summed E-state index contributed by atoms with van der Waals surface area (Å²) in [6.45, 7) is 22.2. The lowest BCUT2D eigenvalue weighted by molar-refractivity contribution is -0.131. The van der Waals surface area contributed by atoms with E-state index >= 15 is 0 Å². The molecular formula is C34H58O. The predicted octanol–water partition coefficient (Wildman–Crippen LogP) is 9.90. The van der Waals surface area contributed by atoms with Gasteiger partial charge in [0, 0.05) is 0 Å². The summed E-state index contributed by atoms with van der Waals surface area (Å²) in [6, 6.07) is 0. The molecule has 0 heterocycles. The molecule has 2 fully saturated rings. The number of hydrogen-bond donors (Lipinski definition) is 1. The molecule has 35 heavy (non-hydrogen) atoms. The summed E-state index contributed by atoms with van der Waals surface area (Å²) in [4.78, 5) is 0. The van der Waals surface area contributed by atoms with Crippen LogP contribution in [0.4, 0.5) is 0 Å². The van der Waals surface area contributed by atoms with Gasteiger partial charge in [0.05, 0.1) is 6.10 Å². The minimum atomic E-state index is -0.142. The van der Waals surface area contributed by atoms with Crippen LogP contribution in [0.5, 0.6) is 0 Å². The number of fused-ring (bicyclic) bond motifs is 4. The number of unbranched alkanes of at least 4 members (excludes halogenated alkanes) is 1. The van der Waals surface area contributed by atoms with E-state index in [-0.39, 0.29) is 16.9 Å². The molecule has 1 heteroatoms. The van der Waals surface area contributed by atoms with E-state index in [1.165, 1.54) is 82.6 Å². The Labute approximate surface area is 218 Å². The Balaban J connectivity index is 1.66. The van der Waals surface area contributed by atoms with Gasteiger partial charge >= 0.3 is 0 Å². The molecule has 4 aliphatic carbocycles. The molecule has 0 aromatic heterocycles. The van der Waals surface area contributed by atoms with Crippen molar-refractivity contribution < 1.29 is 5.11 Å². The zero-order valence-corrected chi connectivity index (χ0v) is 24.9. The SMILES string of the molecule is CCCCC1C[C@]2(C)C3=C(CCC2C(C)(C)C1O)[C@]1(C)CC[C@H]([C@H](C)CCC=C(C)C)[C@@]1(C)CC3. The van der Waals surface area contributed by atoms with E-state index in [2.05, 4.69) is 68.4 Å². The van der Waals surface area contributed by atoms with Crippen LogP contribution >= 0.6 is 0 Å². The Hall–Kier alpha value is -0.560. The molecule has 0 amide bonds. The fourth-order valence-corrected chi connectivity index (χ4v) is 10.6. The van der Waals surface area contributed by atoms with E-state index in [1.54, 1.807) is 0 Å². The van der Waals surface area contributed by atoms with Gasteiger partial charge in [0.15, 0.2) is 0 Å². The molecule has 2 saturated carbocycles. The van der Waals surface area contributed by atoms with Gasteiger partial charge in [-0.15, -0.1) is 0 Å². The van der Waals surface area contributed by atoms with Crippen molar-refractivity contribution in [3.05, 3.63) is 22.8 Å². The lowest BCUT2D eigenvalue weighted by Crippen LogP contribution is -2.57. The van der Waals surface area contributed by atoms with Gasteiger partial charge in [-0.25, -0.2) is 0 Å². The lowest BCUT2D eigenvalue weighted by Gasteiger charge is -2.63. The molecule has 8 atom stereocenters. The van der Waals surface area contributed by atoms with E-state index in [0.29, 0.717) is 22.7 Å². The smallest absolute Gasteiger partial charge is 0.0622 e. The molecule has 0 aromatic carbocycles. The molecule has 3 unspecified atom stereocenters. The van der Waals surface area contributed by atoms with Gasteiger partial charge < -0.3 is 5.11 Å². The second kappa shape index (κ2) is 9.63. The fraction of sp³-hybridized carbons (Fsp3) is 0.882. The van der Waals surface area contributed by atoms with E-state index < -0.39 is 0 Å². The highest BCUT2D eigenvalue weighted by atomic mass is 16.3.